The Labute approximate surface area is 135 Å². The van der Waals surface area contributed by atoms with Gasteiger partial charge in [0, 0.05) is 37.6 Å². The minimum absolute atomic E-state index is 0.00516. The molecule has 1 amide bonds. The van der Waals surface area contributed by atoms with E-state index in [1.807, 2.05) is 23.1 Å². The summed E-state index contributed by atoms with van der Waals surface area (Å²) in [4.78, 5) is 26.7. The third-order valence-electron chi connectivity index (χ3n) is 4.01. The number of hydrogen-bond donors (Lipinski definition) is 1. The molecule has 3 heterocycles. The fourth-order valence-corrected chi connectivity index (χ4v) is 2.80. The van der Waals surface area contributed by atoms with Crippen LogP contribution in [0.5, 0.6) is 0 Å². The molecule has 3 rings (SSSR count). The number of carbonyl (C=O) groups is 1. The Morgan fingerprint density at radius 1 is 1.17 bits per heavy atom. The monoisotopic (exact) mass is 309 g/mol. The number of likely N-dealkylation sites (tertiary alicyclic amines) is 1. The first kappa shape index (κ1) is 15.1. The molecule has 1 saturated heterocycles. The molecular formula is C17H19N5O. The van der Waals surface area contributed by atoms with Gasteiger partial charge in [-0.1, -0.05) is 12.6 Å². The molecule has 1 N–H and O–H groups in total. The third-order valence-corrected chi connectivity index (χ3v) is 4.01. The number of aromatic nitrogens is 3. The van der Waals surface area contributed by atoms with Gasteiger partial charge in [0.25, 0.3) is 0 Å². The Morgan fingerprint density at radius 2 is 1.96 bits per heavy atom. The van der Waals surface area contributed by atoms with Gasteiger partial charge in [-0.25, -0.2) is 9.97 Å². The maximum Gasteiger partial charge on any atom is 0.245 e. The van der Waals surface area contributed by atoms with E-state index in [-0.39, 0.29) is 11.8 Å². The lowest BCUT2D eigenvalue weighted by Crippen LogP contribution is -2.37. The standard InChI is InChI=1S/C17H19N5O/c1-2-15(23)22-11-6-13(7-12-22)16-17(20-10-9-19-16)21-14-5-3-4-8-18-14/h2-5,8-10,13H,1,6-7,11-12H2,(H,18,20,21). The topological polar surface area (TPSA) is 71.0 Å². The quantitative estimate of drug-likeness (QED) is 0.879. The van der Waals surface area contributed by atoms with Crippen LogP contribution in [-0.2, 0) is 4.79 Å². The molecular weight excluding hydrogens is 290 g/mol. The molecule has 0 atom stereocenters. The summed E-state index contributed by atoms with van der Waals surface area (Å²) in [6, 6.07) is 5.68. The molecule has 0 spiro atoms. The molecule has 6 heteroatoms. The molecule has 1 aliphatic rings. The van der Waals surface area contributed by atoms with Crippen LogP contribution in [0.2, 0.25) is 0 Å². The summed E-state index contributed by atoms with van der Waals surface area (Å²) < 4.78 is 0. The molecule has 1 fully saturated rings. The van der Waals surface area contributed by atoms with Gasteiger partial charge in [-0.15, -0.1) is 0 Å². The molecule has 0 aromatic carbocycles. The summed E-state index contributed by atoms with van der Waals surface area (Å²) >= 11 is 0. The minimum Gasteiger partial charge on any atom is -0.339 e. The van der Waals surface area contributed by atoms with Gasteiger partial charge in [-0.3, -0.25) is 9.78 Å². The number of hydrogen-bond acceptors (Lipinski definition) is 5. The van der Waals surface area contributed by atoms with E-state index in [0.717, 1.165) is 43.3 Å². The van der Waals surface area contributed by atoms with Crippen LogP contribution < -0.4 is 5.32 Å². The van der Waals surface area contributed by atoms with Crippen molar-refractivity contribution < 1.29 is 4.79 Å². The van der Waals surface area contributed by atoms with Crippen molar-refractivity contribution in [3.63, 3.8) is 0 Å². The summed E-state index contributed by atoms with van der Waals surface area (Å²) in [6.45, 7) is 4.98. The first-order valence-corrected chi connectivity index (χ1v) is 7.68. The van der Waals surface area contributed by atoms with Crippen molar-refractivity contribution in [2.24, 2.45) is 0 Å². The van der Waals surface area contributed by atoms with Gasteiger partial charge in [0.05, 0.1) is 5.69 Å². The number of pyridine rings is 1. The van der Waals surface area contributed by atoms with Crippen LogP contribution in [0.4, 0.5) is 11.6 Å². The predicted molar refractivity (Wildman–Crippen MR) is 88.3 cm³/mol. The number of piperidine rings is 1. The Morgan fingerprint density at radius 3 is 2.65 bits per heavy atom. The molecule has 0 unspecified atom stereocenters. The lowest BCUT2D eigenvalue weighted by atomic mass is 9.93. The molecule has 0 saturated carbocycles. The number of rotatable bonds is 4. The highest BCUT2D eigenvalue weighted by Crippen LogP contribution is 2.31. The second-order valence-electron chi connectivity index (χ2n) is 5.43. The smallest absolute Gasteiger partial charge is 0.245 e. The fraction of sp³-hybridized carbons (Fsp3) is 0.294. The summed E-state index contributed by atoms with van der Waals surface area (Å²) in [6.07, 6.45) is 8.23. The zero-order chi connectivity index (χ0) is 16.1. The average Bonchev–Trinajstić information content (AvgIpc) is 2.62. The van der Waals surface area contributed by atoms with Crippen LogP contribution in [-0.4, -0.2) is 38.8 Å². The van der Waals surface area contributed by atoms with Crippen molar-refractivity contribution >= 4 is 17.5 Å². The summed E-state index contributed by atoms with van der Waals surface area (Å²) in [5.74, 6) is 1.76. The van der Waals surface area contributed by atoms with E-state index in [1.54, 1.807) is 18.6 Å². The van der Waals surface area contributed by atoms with Crippen LogP contribution in [0.15, 0.2) is 49.4 Å². The average molecular weight is 309 g/mol. The highest BCUT2D eigenvalue weighted by molar-refractivity contribution is 5.87. The van der Waals surface area contributed by atoms with Gasteiger partial charge in [0.15, 0.2) is 5.82 Å². The van der Waals surface area contributed by atoms with Gasteiger partial charge in [0.2, 0.25) is 5.91 Å². The van der Waals surface area contributed by atoms with Crippen molar-refractivity contribution in [3.05, 3.63) is 55.1 Å². The van der Waals surface area contributed by atoms with E-state index in [9.17, 15) is 4.79 Å². The molecule has 2 aromatic heterocycles. The van der Waals surface area contributed by atoms with Crippen molar-refractivity contribution in [3.8, 4) is 0 Å². The third kappa shape index (κ3) is 3.53. The van der Waals surface area contributed by atoms with Gasteiger partial charge < -0.3 is 10.2 Å². The van der Waals surface area contributed by atoms with Crippen molar-refractivity contribution in [1.29, 1.82) is 0 Å². The summed E-state index contributed by atoms with van der Waals surface area (Å²) in [7, 11) is 0. The summed E-state index contributed by atoms with van der Waals surface area (Å²) in [5.41, 5.74) is 0.934. The number of anilines is 2. The number of carbonyl (C=O) groups excluding carboxylic acids is 1. The van der Waals surface area contributed by atoms with Crippen molar-refractivity contribution in [1.82, 2.24) is 19.9 Å². The molecule has 0 bridgehead atoms. The lowest BCUT2D eigenvalue weighted by Gasteiger charge is -2.31. The maximum atomic E-state index is 11.7. The van der Waals surface area contributed by atoms with Gasteiger partial charge >= 0.3 is 0 Å². The van der Waals surface area contributed by atoms with Crippen LogP contribution in [0.1, 0.15) is 24.5 Å². The van der Waals surface area contributed by atoms with E-state index in [2.05, 4.69) is 26.8 Å². The Hall–Kier alpha value is -2.76. The molecule has 6 nitrogen and oxygen atoms in total. The van der Waals surface area contributed by atoms with Crippen molar-refractivity contribution in [2.45, 2.75) is 18.8 Å². The Bertz CT molecular complexity index is 680. The molecule has 23 heavy (non-hydrogen) atoms. The second kappa shape index (κ2) is 7.00. The van der Waals surface area contributed by atoms with Crippen LogP contribution >= 0.6 is 0 Å². The van der Waals surface area contributed by atoms with Gasteiger partial charge in [-0.05, 0) is 31.1 Å². The Balaban J connectivity index is 1.74. The maximum absolute atomic E-state index is 11.7. The molecule has 1 aliphatic heterocycles. The second-order valence-corrected chi connectivity index (χ2v) is 5.43. The number of nitrogens with zero attached hydrogens (tertiary/aromatic N) is 4. The largest absolute Gasteiger partial charge is 0.339 e. The number of amides is 1. The summed E-state index contributed by atoms with van der Waals surface area (Å²) in [5, 5.41) is 3.23. The molecule has 118 valence electrons. The van der Waals surface area contributed by atoms with Crippen LogP contribution in [0.25, 0.3) is 0 Å². The lowest BCUT2D eigenvalue weighted by molar-refractivity contribution is -0.127. The first-order chi connectivity index (χ1) is 11.3. The normalized spacial score (nSPS) is 15.2. The van der Waals surface area contributed by atoms with E-state index in [4.69, 9.17) is 0 Å². The van der Waals surface area contributed by atoms with Crippen LogP contribution in [0.3, 0.4) is 0 Å². The first-order valence-electron chi connectivity index (χ1n) is 7.68. The highest BCUT2D eigenvalue weighted by atomic mass is 16.2. The number of nitrogens with one attached hydrogen (secondary N) is 1. The minimum atomic E-state index is -0.00516. The van der Waals surface area contributed by atoms with Crippen molar-refractivity contribution in [2.75, 3.05) is 18.4 Å². The molecule has 2 aromatic rings. The van der Waals surface area contributed by atoms with Crippen LogP contribution in [0, 0.1) is 0 Å². The van der Waals surface area contributed by atoms with Gasteiger partial charge in [0.1, 0.15) is 5.82 Å². The van der Waals surface area contributed by atoms with E-state index in [1.165, 1.54) is 6.08 Å². The SMILES string of the molecule is C=CC(=O)N1CCC(c2nccnc2Nc2ccccn2)CC1. The fourth-order valence-electron chi connectivity index (χ4n) is 2.80. The highest BCUT2D eigenvalue weighted by Gasteiger charge is 2.25. The van der Waals surface area contributed by atoms with E-state index < -0.39 is 0 Å². The van der Waals surface area contributed by atoms with E-state index in [0.29, 0.717) is 0 Å². The van der Waals surface area contributed by atoms with Gasteiger partial charge in [-0.2, -0.15) is 0 Å². The molecule has 0 radical (unpaired) electrons. The molecule has 0 aliphatic carbocycles. The zero-order valence-corrected chi connectivity index (χ0v) is 12.9. The predicted octanol–water partition coefficient (Wildman–Crippen LogP) is 2.51. The Kier molecular flexibility index (Phi) is 4.61. The zero-order valence-electron chi connectivity index (χ0n) is 12.9. The van der Waals surface area contributed by atoms with E-state index >= 15 is 0 Å².